The molecule has 0 aromatic heterocycles. The Bertz CT molecular complexity index is 810. The molecule has 0 aliphatic rings. The van der Waals surface area contributed by atoms with Gasteiger partial charge in [-0.15, -0.1) is 0 Å². The maximum Gasteiger partial charge on any atom is 0.254 e. The van der Waals surface area contributed by atoms with E-state index in [-0.39, 0.29) is 16.8 Å². The normalized spacial score (nSPS) is 12.7. The second-order valence-electron chi connectivity index (χ2n) is 5.75. The molecular weight excluding hydrogens is 310 g/mol. The van der Waals surface area contributed by atoms with Gasteiger partial charge in [-0.05, 0) is 43.2 Å². The largest absolute Gasteiger partial charge is 0.335 e. The van der Waals surface area contributed by atoms with Gasteiger partial charge in [0.2, 0.25) is 0 Å². The summed E-state index contributed by atoms with van der Waals surface area (Å²) in [6.07, 6.45) is 1.18. The van der Waals surface area contributed by atoms with Crippen LogP contribution >= 0.6 is 0 Å². The molecule has 0 heterocycles. The summed E-state index contributed by atoms with van der Waals surface area (Å²) in [5.74, 6) is -0.0530. The van der Waals surface area contributed by atoms with Crippen molar-refractivity contribution in [2.75, 3.05) is 13.3 Å². The third-order valence-electron chi connectivity index (χ3n) is 4.07. The second-order valence-corrected chi connectivity index (χ2v) is 7.76. The summed E-state index contributed by atoms with van der Waals surface area (Å²) in [4.78, 5) is 14.6. The maximum atomic E-state index is 12.6. The van der Waals surface area contributed by atoms with Crippen LogP contribution in [0, 0.1) is 6.92 Å². The number of aryl methyl sites for hydroxylation is 1. The minimum absolute atomic E-state index is 0.0530. The molecule has 4 nitrogen and oxygen atoms in total. The lowest BCUT2D eigenvalue weighted by Gasteiger charge is -2.26. The van der Waals surface area contributed by atoms with Gasteiger partial charge < -0.3 is 4.90 Å². The van der Waals surface area contributed by atoms with Crippen molar-refractivity contribution in [3.8, 4) is 0 Å². The van der Waals surface area contributed by atoms with Crippen LogP contribution in [0.5, 0.6) is 0 Å². The van der Waals surface area contributed by atoms with Gasteiger partial charge in [0, 0.05) is 18.9 Å². The van der Waals surface area contributed by atoms with E-state index in [0.717, 1.165) is 11.1 Å². The van der Waals surface area contributed by atoms with E-state index in [0.29, 0.717) is 5.56 Å². The third kappa shape index (κ3) is 3.79. The van der Waals surface area contributed by atoms with E-state index in [2.05, 4.69) is 0 Å². The topological polar surface area (TPSA) is 54.5 Å². The molecule has 1 amide bonds. The number of carbonyl (C=O) groups excluding carboxylic acids is 1. The van der Waals surface area contributed by atoms with Gasteiger partial charge in [-0.1, -0.05) is 30.3 Å². The summed E-state index contributed by atoms with van der Waals surface area (Å²) in [6, 6.07) is 14.0. The van der Waals surface area contributed by atoms with Gasteiger partial charge in [0.1, 0.15) is 0 Å². The molecule has 5 heteroatoms. The van der Waals surface area contributed by atoms with Gasteiger partial charge in [-0.25, -0.2) is 8.42 Å². The molecule has 0 radical (unpaired) electrons. The van der Waals surface area contributed by atoms with Crippen LogP contribution in [-0.2, 0) is 9.84 Å². The fourth-order valence-corrected chi connectivity index (χ4v) is 3.03. The highest BCUT2D eigenvalue weighted by Gasteiger charge is 2.20. The highest BCUT2D eigenvalue weighted by Crippen LogP contribution is 2.23. The minimum Gasteiger partial charge on any atom is -0.335 e. The molecule has 0 aliphatic carbocycles. The summed E-state index contributed by atoms with van der Waals surface area (Å²) in [6.45, 7) is 3.83. The van der Waals surface area contributed by atoms with Gasteiger partial charge >= 0.3 is 0 Å². The average Bonchev–Trinajstić information content (AvgIpc) is 2.52. The molecule has 0 bridgehead atoms. The lowest BCUT2D eigenvalue weighted by Crippen LogP contribution is -2.30. The van der Waals surface area contributed by atoms with Crippen LogP contribution in [0.2, 0.25) is 0 Å². The average molecular weight is 331 g/mol. The minimum atomic E-state index is -3.21. The zero-order valence-corrected chi connectivity index (χ0v) is 14.6. The Labute approximate surface area is 137 Å². The van der Waals surface area contributed by atoms with Crippen molar-refractivity contribution in [2.45, 2.75) is 24.8 Å². The molecule has 0 spiro atoms. The third-order valence-corrected chi connectivity index (χ3v) is 5.20. The van der Waals surface area contributed by atoms with Crippen LogP contribution in [-0.4, -0.2) is 32.5 Å². The van der Waals surface area contributed by atoms with Crippen LogP contribution < -0.4 is 0 Å². The van der Waals surface area contributed by atoms with E-state index in [1.165, 1.54) is 6.26 Å². The van der Waals surface area contributed by atoms with Crippen LogP contribution in [0.15, 0.2) is 53.4 Å². The smallest absolute Gasteiger partial charge is 0.254 e. The molecule has 23 heavy (non-hydrogen) atoms. The summed E-state index contributed by atoms with van der Waals surface area (Å²) in [5.41, 5.74) is 2.50. The molecule has 0 saturated heterocycles. The van der Waals surface area contributed by atoms with Crippen molar-refractivity contribution >= 4 is 15.7 Å². The molecule has 2 rings (SSSR count). The Balaban J connectivity index is 2.24. The fraction of sp³-hybridized carbons (Fsp3) is 0.278. The standard InChI is InChI=1S/C18H21NO3S/c1-13-7-5-6-8-17(13)18(20)19(3)14(2)15-9-11-16(12-10-15)23(4,21)22/h5-12,14H,1-4H3. The molecular formula is C18H21NO3S. The van der Waals surface area contributed by atoms with E-state index in [4.69, 9.17) is 0 Å². The van der Waals surface area contributed by atoms with Crippen molar-refractivity contribution in [3.05, 3.63) is 65.2 Å². The lowest BCUT2D eigenvalue weighted by molar-refractivity contribution is 0.0742. The number of hydrogen-bond donors (Lipinski definition) is 0. The van der Waals surface area contributed by atoms with E-state index >= 15 is 0 Å². The molecule has 122 valence electrons. The van der Waals surface area contributed by atoms with Crippen molar-refractivity contribution in [1.82, 2.24) is 4.90 Å². The summed E-state index contributed by atoms with van der Waals surface area (Å²) < 4.78 is 23.0. The van der Waals surface area contributed by atoms with Crippen LogP contribution in [0.4, 0.5) is 0 Å². The zero-order valence-electron chi connectivity index (χ0n) is 13.8. The first kappa shape index (κ1) is 17.2. The van der Waals surface area contributed by atoms with E-state index in [9.17, 15) is 13.2 Å². The Morgan fingerprint density at radius 3 is 2.13 bits per heavy atom. The molecule has 2 aromatic rings. The van der Waals surface area contributed by atoms with E-state index < -0.39 is 9.84 Å². The van der Waals surface area contributed by atoms with Crippen molar-refractivity contribution in [3.63, 3.8) is 0 Å². The summed E-state index contributed by atoms with van der Waals surface area (Å²) in [5, 5.41) is 0. The van der Waals surface area contributed by atoms with Gasteiger partial charge in [0.25, 0.3) is 5.91 Å². The number of amides is 1. The first-order chi connectivity index (χ1) is 10.7. The fourth-order valence-electron chi connectivity index (χ4n) is 2.40. The first-order valence-electron chi connectivity index (χ1n) is 7.34. The van der Waals surface area contributed by atoms with Crippen LogP contribution in [0.1, 0.15) is 34.5 Å². The monoisotopic (exact) mass is 331 g/mol. The van der Waals surface area contributed by atoms with Crippen molar-refractivity contribution < 1.29 is 13.2 Å². The SMILES string of the molecule is Cc1ccccc1C(=O)N(C)C(C)c1ccc(S(C)(=O)=O)cc1. The predicted molar refractivity (Wildman–Crippen MR) is 91.2 cm³/mol. The number of rotatable bonds is 4. The number of benzene rings is 2. The lowest BCUT2D eigenvalue weighted by atomic mass is 10.0. The Kier molecular flexibility index (Phi) is 4.90. The maximum absolute atomic E-state index is 12.6. The Hall–Kier alpha value is -2.14. The number of hydrogen-bond acceptors (Lipinski definition) is 3. The zero-order chi connectivity index (χ0) is 17.2. The number of nitrogens with zero attached hydrogens (tertiary/aromatic N) is 1. The molecule has 0 saturated carbocycles. The first-order valence-corrected chi connectivity index (χ1v) is 9.24. The van der Waals surface area contributed by atoms with Crippen LogP contribution in [0.25, 0.3) is 0 Å². The van der Waals surface area contributed by atoms with E-state index in [1.54, 1.807) is 36.2 Å². The molecule has 1 unspecified atom stereocenters. The van der Waals surface area contributed by atoms with E-state index in [1.807, 2.05) is 38.1 Å². The van der Waals surface area contributed by atoms with Crippen LogP contribution in [0.3, 0.4) is 0 Å². The highest BCUT2D eigenvalue weighted by atomic mass is 32.2. The molecule has 0 N–H and O–H groups in total. The van der Waals surface area contributed by atoms with Gasteiger partial charge in [0.15, 0.2) is 9.84 Å². The Morgan fingerprint density at radius 1 is 1.04 bits per heavy atom. The summed E-state index contributed by atoms with van der Waals surface area (Å²) >= 11 is 0. The van der Waals surface area contributed by atoms with Gasteiger partial charge in [0.05, 0.1) is 10.9 Å². The highest BCUT2D eigenvalue weighted by molar-refractivity contribution is 7.90. The van der Waals surface area contributed by atoms with Gasteiger partial charge in [-0.2, -0.15) is 0 Å². The van der Waals surface area contributed by atoms with Crippen molar-refractivity contribution in [1.29, 1.82) is 0 Å². The molecule has 0 fully saturated rings. The second kappa shape index (κ2) is 6.54. The number of sulfone groups is 1. The van der Waals surface area contributed by atoms with Crippen molar-refractivity contribution in [2.24, 2.45) is 0 Å². The molecule has 2 aromatic carbocycles. The summed E-state index contributed by atoms with van der Waals surface area (Å²) in [7, 11) is -1.46. The Morgan fingerprint density at radius 2 is 1.61 bits per heavy atom. The number of carbonyl (C=O) groups is 1. The molecule has 1 atom stereocenters. The quantitative estimate of drug-likeness (QED) is 0.864. The predicted octanol–water partition coefficient (Wildman–Crippen LogP) is 3.23. The molecule has 0 aliphatic heterocycles. The van der Waals surface area contributed by atoms with Gasteiger partial charge in [-0.3, -0.25) is 4.79 Å².